The molecule has 32 heavy (non-hydrogen) atoms. The van der Waals surface area contributed by atoms with E-state index in [1.165, 1.54) is 36.5 Å². The molecule has 0 unspecified atom stereocenters. The molecule has 0 aliphatic rings. The molecule has 3 N–H and O–H groups in total. The molecule has 0 aliphatic carbocycles. The van der Waals surface area contributed by atoms with E-state index in [-0.39, 0.29) is 28.8 Å². The number of benzene rings is 2. The van der Waals surface area contributed by atoms with E-state index in [1.807, 2.05) is 0 Å². The van der Waals surface area contributed by atoms with Crippen LogP contribution < -0.4 is 25.5 Å². The average Bonchev–Trinajstić information content (AvgIpc) is 2.75. The van der Waals surface area contributed by atoms with Crippen molar-refractivity contribution in [3.05, 3.63) is 52.8 Å². The lowest BCUT2D eigenvalue weighted by molar-refractivity contribution is -0.139. The van der Waals surface area contributed by atoms with Crippen molar-refractivity contribution >= 4 is 41.2 Å². The number of nitrogens with one attached hydrogen (secondary N) is 3. The van der Waals surface area contributed by atoms with E-state index >= 15 is 0 Å². The van der Waals surface area contributed by atoms with Crippen molar-refractivity contribution in [2.45, 2.75) is 13.8 Å². The van der Waals surface area contributed by atoms with Gasteiger partial charge in [-0.1, -0.05) is 23.7 Å². The van der Waals surface area contributed by atoms with Crippen molar-refractivity contribution in [2.75, 3.05) is 25.1 Å². The Bertz CT molecular complexity index is 1020. The minimum Gasteiger partial charge on any atom is -0.490 e. The maximum Gasteiger partial charge on any atom is 0.329 e. The number of halogens is 2. The monoisotopic (exact) mass is 464 g/mol. The molecule has 170 valence electrons. The van der Waals surface area contributed by atoms with E-state index in [4.69, 9.17) is 21.1 Å². The quantitative estimate of drug-likeness (QED) is 0.299. The Balaban J connectivity index is 2.07. The zero-order valence-electron chi connectivity index (χ0n) is 17.4. The molecule has 0 aromatic heterocycles. The maximum atomic E-state index is 13.7. The standard InChI is InChI=1S/C21H22ClFN4O5/c1-3-24-20(29)21(30)27-25-11-13-9-14(22)19(17(10-13)31-4-2)32-12-18(28)26-16-8-6-5-7-15(16)23/h5-11H,3-4,12H2,1-2H3,(H,24,29)(H,26,28)(H,27,30)/b25-11-. The number of carbonyl (C=O) groups is 3. The summed E-state index contributed by atoms with van der Waals surface area (Å²) >= 11 is 6.26. The van der Waals surface area contributed by atoms with Crippen molar-refractivity contribution in [3.8, 4) is 11.5 Å². The zero-order valence-corrected chi connectivity index (χ0v) is 18.2. The highest BCUT2D eigenvalue weighted by Gasteiger charge is 2.15. The predicted octanol–water partition coefficient (Wildman–Crippen LogP) is 2.48. The number of amides is 3. The Morgan fingerprint density at radius 1 is 1.12 bits per heavy atom. The molecule has 2 aromatic rings. The number of hydrogen-bond donors (Lipinski definition) is 3. The van der Waals surface area contributed by atoms with Crippen LogP contribution in [-0.4, -0.2) is 43.7 Å². The first-order valence-corrected chi connectivity index (χ1v) is 9.98. The van der Waals surface area contributed by atoms with Gasteiger partial charge in [-0.3, -0.25) is 14.4 Å². The number of likely N-dealkylation sites (N-methyl/N-ethyl adjacent to an activating group) is 1. The molecule has 0 fully saturated rings. The van der Waals surface area contributed by atoms with Gasteiger partial charge in [0.1, 0.15) is 5.82 Å². The van der Waals surface area contributed by atoms with E-state index in [9.17, 15) is 18.8 Å². The van der Waals surface area contributed by atoms with Crippen LogP contribution in [0.4, 0.5) is 10.1 Å². The first-order chi connectivity index (χ1) is 15.3. The topological polar surface area (TPSA) is 118 Å². The molecule has 0 saturated carbocycles. The van der Waals surface area contributed by atoms with E-state index in [2.05, 4.69) is 21.2 Å². The van der Waals surface area contributed by atoms with Gasteiger partial charge in [0.25, 0.3) is 5.91 Å². The van der Waals surface area contributed by atoms with Gasteiger partial charge in [-0.15, -0.1) is 0 Å². The highest BCUT2D eigenvalue weighted by molar-refractivity contribution is 6.35. The van der Waals surface area contributed by atoms with Crippen molar-refractivity contribution in [3.63, 3.8) is 0 Å². The van der Waals surface area contributed by atoms with Crippen LogP contribution in [0, 0.1) is 5.82 Å². The van der Waals surface area contributed by atoms with E-state index in [0.29, 0.717) is 12.1 Å². The number of para-hydroxylation sites is 1. The molecule has 2 rings (SSSR count). The summed E-state index contributed by atoms with van der Waals surface area (Å²) in [6, 6.07) is 8.73. The second-order valence-electron chi connectivity index (χ2n) is 6.14. The lowest BCUT2D eigenvalue weighted by atomic mass is 10.2. The molecular weight excluding hydrogens is 443 g/mol. The van der Waals surface area contributed by atoms with Crippen LogP contribution in [0.3, 0.4) is 0 Å². The van der Waals surface area contributed by atoms with Crippen molar-refractivity contribution in [2.24, 2.45) is 5.10 Å². The molecule has 0 atom stereocenters. The first-order valence-electron chi connectivity index (χ1n) is 9.60. The second-order valence-corrected chi connectivity index (χ2v) is 6.55. The molecule has 0 spiro atoms. The molecule has 3 amide bonds. The normalized spacial score (nSPS) is 10.5. The minimum absolute atomic E-state index is 0.0263. The van der Waals surface area contributed by atoms with Crippen molar-refractivity contribution in [1.29, 1.82) is 0 Å². The fraction of sp³-hybridized carbons (Fsp3) is 0.238. The van der Waals surface area contributed by atoms with Gasteiger partial charge in [0.15, 0.2) is 18.1 Å². The molecule has 0 heterocycles. The zero-order chi connectivity index (χ0) is 23.5. The first kappa shape index (κ1) is 24.6. The molecule has 2 aromatic carbocycles. The average molecular weight is 465 g/mol. The number of nitrogens with zero attached hydrogens (tertiary/aromatic N) is 1. The SMILES string of the molecule is CCNC(=O)C(=O)N/N=C\c1cc(Cl)c(OCC(=O)Nc2ccccc2F)c(OCC)c1. The molecule has 0 bridgehead atoms. The highest BCUT2D eigenvalue weighted by atomic mass is 35.5. The van der Waals surface area contributed by atoms with E-state index < -0.39 is 30.1 Å². The van der Waals surface area contributed by atoms with Crippen LogP contribution in [0.2, 0.25) is 5.02 Å². The summed E-state index contributed by atoms with van der Waals surface area (Å²) in [4.78, 5) is 35.0. The second kappa shape index (κ2) is 12.3. The summed E-state index contributed by atoms with van der Waals surface area (Å²) in [7, 11) is 0. The van der Waals surface area contributed by atoms with E-state index in [0.717, 1.165) is 0 Å². The van der Waals surface area contributed by atoms with Gasteiger partial charge in [0.2, 0.25) is 0 Å². The maximum absolute atomic E-state index is 13.7. The summed E-state index contributed by atoms with van der Waals surface area (Å²) in [5, 5.41) is 8.57. The Morgan fingerprint density at radius 3 is 2.56 bits per heavy atom. The summed E-state index contributed by atoms with van der Waals surface area (Å²) in [5.74, 6) is -2.55. The largest absolute Gasteiger partial charge is 0.490 e. The van der Waals surface area contributed by atoms with E-state index in [1.54, 1.807) is 19.9 Å². The fourth-order valence-corrected chi connectivity index (χ4v) is 2.68. The Kier molecular flexibility index (Phi) is 9.43. The molecule has 0 saturated heterocycles. The van der Waals surface area contributed by atoms with Gasteiger partial charge in [0.05, 0.1) is 23.5 Å². The lowest BCUT2D eigenvalue weighted by Crippen LogP contribution is -2.37. The Labute approximate surface area is 188 Å². The van der Waals surface area contributed by atoms with Crippen LogP contribution in [-0.2, 0) is 14.4 Å². The number of hydrogen-bond acceptors (Lipinski definition) is 6. The number of anilines is 1. The number of ether oxygens (including phenoxy) is 2. The third-order valence-electron chi connectivity index (χ3n) is 3.75. The highest BCUT2D eigenvalue weighted by Crippen LogP contribution is 2.36. The Morgan fingerprint density at radius 2 is 1.88 bits per heavy atom. The minimum atomic E-state index is -0.917. The molecule has 11 heteroatoms. The smallest absolute Gasteiger partial charge is 0.329 e. The summed E-state index contributed by atoms with van der Waals surface area (Å²) < 4.78 is 24.7. The molecule has 0 radical (unpaired) electrons. The molecular formula is C21H22ClFN4O5. The van der Waals surface area contributed by atoms with Crippen molar-refractivity contribution < 1.29 is 28.2 Å². The predicted molar refractivity (Wildman–Crippen MR) is 118 cm³/mol. The molecule has 0 aliphatic heterocycles. The fourth-order valence-electron chi connectivity index (χ4n) is 2.41. The third-order valence-corrected chi connectivity index (χ3v) is 4.03. The van der Waals surface area contributed by atoms with Gasteiger partial charge >= 0.3 is 11.8 Å². The number of hydrazone groups is 1. The van der Waals surface area contributed by atoms with Gasteiger partial charge in [-0.2, -0.15) is 5.10 Å². The summed E-state index contributed by atoms with van der Waals surface area (Å²) in [6.45, 7) is 3.57. The lowest BCUT2D eigenvalue weighted by Gasteiger charge is -2.14. The third kappa shape index (κ3) is 7.24. The van der Waals surface area contributed by atoms with Gasteiger partial charge in [-0.25, -0.2) is 9.82 Å². The number of rotatable bonds is 9. The van der Waals surface area contributed by atoms with Crippen LogP contribution in [0.15, 0.2) is 41.5 Å². The Hall–Kier alpha value is -3.66. The van der Waals surface area contributed by atoms with Crippen LogP contribution in [0.25, 0.3) is 0 Å². The van der Waals surface area contributed by atoms with Gasteiger partial charge in [0, 0.05) is 6.54 Å². The van der Waals surface area contributed by atoms with Crippen molar-refractivity contribution in [1.82, 2.24) is 10.7 Å². The molecule has 9 nitrogen and oxygen atoms in total. The number of carbonyl (C=O) groups excluding carboxylic acids is 3. The van der Waals surface area contributed by atoms with Crippen LogP contribution >= 0.6 is 11.6 Å². The van der Waals surface area contributed by atoms with Crippen LogP contribution in [0.1, 0.15) is 19.4 Å². The van der Waals surface area contributed by atoms with Gasteiger partial charge < -0.3 is 20.1 Å². The van der Waals surface area contributed by atoms with Crippen LogP contribution in [0.5, 0.6) is 11.5 Å². The summed E-state index contributed by atoms with van der Waals surface area (Å²) in [6.07, 6.45) is 1.26. The van der Waals surface area contributed by atoms with Gasteiger partial charge in [-0.05, 0) is 43.7 Å². The summed E-state index contributed by atoms with van der Waals surface area (Å²) in [5.41, 5.74) is 2.56.